The maximum atomic E-state index is 2.47. The highest BCUT2D eigenvalue weighted by Gasteiger charge is 2.03. The van der Waals surface area contributed by atoms with E-state index in [4.69, 9.17) is 0 Å². The molecule has 4 nitrogen and oxygen atoms in total. The van der Waals surface area contributed by atoms with Crippen molar-refractivity contribution in [2.75, 3.05) is 74.0 Å². The Bertz CT molecular complexity index is 187. The van der Waals surface area contributed by atoms with E-state index in [-0.39, 0.29) is 0 Å². The van der Waals surface area contributed by atoms with Crippen molar-refractivity contribution in [3.8, 4) is 0 Å². The van der Waals surface area contributed by atoms with Gasteiger partial charge in [-0.25, -0.2) is 0 Å². The molecule has 0 radical (unpaired) electrons. The molecule has 0 aromatic rings. The van der Waals surface area contributed by atoms with Gasteiger partial charge in [-0.3, -0.25) is 0 Å². The summed E-state index contributed by atoms with van der Waals surface area (Å²) in [6.07, 6.45) is 0. The second-order valence-corrected chi connectivity index (χ2v) is 6.13. The monoisotopic (exact) mass is 302 g/mol. The van der Waals surface area contributed by atoms with Gasteiger partial charge in [0.2, 0.25) is 0 Å². The summed E-state index contributed by atoms with van der Waals surface area (Å²) in [6.45, 7) is 19.4. The van der Waals surface area contributed by atoms with E-state index in [1.54, 1.807) is 0 Å². The van der Waals surface area contributed by atoms with Gasteiger partial charge in [-0.2, -0.15) is 0 Å². The number of likely N-dealkylation sites (N-methyl/N-ethyl adjacent to an activating group) is 4. The Hall–Kier alpha value is -0.160. The molecule has 21 heavy (non-hydrogen) atoms. The average molecular weight is 303 g/mol. The molecule has 0 aromatic heterocycles. The summed E-state index contributed by atoms with van der Waals surface area (Å²) >= 11 is 0. The molecule has 1 atom stereocenters. The lowest BCUT2D eigenvalue weighted by atomic mass is 10.3. The van der Waals surface area contributed by atoms with E-state index in [9.17, 15) is 0 Å². The summed E-state index contributed by atoms with van der Waals surface area (Å²) in [6, 6.07) is 0.653. The maximum absolute atomic E-state index is 2.47. The SMILES string of the molecule is CC(CN(C)C)N(C)C.CCN(CC)CCN(CC)CC. The molecule has 0 rings (SSSR count). The van der Waals surface area contributed by atoms with E-state index >= 15 is 0 Å². The molecule has 0 N–H and O–H groups in total. The van der Waals surface area contributed by atoms with E-state index in [1.165, 1.54) is 39.3 Å². The highest BCUT2D eigenvalue weighted by molar-refractivity contribution is 4.61. The zero-order valence-corrected chi connectivity index (χ0v) is 16.3. The Morgan fingerprint density at radius 3 is 1.14 bits per heavy atom. The summed E-state index contributed by atoms with van der Waals surface area (Å²) in [5.41, 5.74) is 0. The van der Waals surface area contributed by atoms with Gasteiger partial charge in [0, 0.05) is 25.7 Å². The third-order valence-electron chi connectivity index (χ3n) is 4.03. The third-order valence-corrected chi connectivity index (χ3v) is 4.03. The fraction of sp³-hybridized carbons (Fsp3) is 1.00. The van der Waals surface area contributed by atoms with Crippen LogP contribution in [0, 0.1) is 0 Å². The fourth-order valence-electron chi connectivity index (χ4n) is 2.05. The van der Waals surface area contributed by atoms with Crippen molar-refractivity contribution in [2.24, 2.45) is 0 Å². The number of nitrogens with zero attached hydrogens (tertiary/aromatic N) is 4. The second-order valence-electron chi connectivity index (χ2n) is 6.13. The van der Waals surface area contributed by atoms with E-state index in [0.29, 0.717) is 6.04 Å². The zero-order chi connectivity index (χ0) is 16.8. The average Bonchev–Trinajstić information content (AvgIpc) is 2.44. The first-order valence-corrected chi connectivity index (χ1v) is 8.57. The molecule has 0 saturated heterocycles. The second kappa shape index (κ2) is 14.8. The highest BCUT2D eigenvalue weighted by atomic mass is 15.2. The molecular formula is C17H42N4. The Balaban J connectivity index is 0. The van der Waals surface area contributed by atoms with Gasteiger partial charge >= 0.3 is 0 Å². The quantitative estimate of drug-likeness (QED) is 0.613. The van der Waals surface area contributed by atoms with Crippen molar-refractivity contribution in [1.82, 2.24) is 19.6 Å². The van der Waals surface area contributed by atoms with Crippen molar-refractivity contribution in [2.45, 2.75) is 40.7 Å². The smallest absolute Gasteiger partial charge is 0.0188 e. The number of rotatable bonds is 10. The maximum Gasteiger partial charge on any atom is 0.0188 e. The minimum atomic E-state index is 0.653. The van der Waals surface area contributed by atoms with E-state index in [0.717, 1.165) is 6.54 Å². The molecule has 0 amide bonds. The van der Waals surface area contributed by atoms with Crippen molar-refractivity contribution in [3.63, 3.8) is 0 Å². The van der Waals surface area contributed by atoms with E-state index in [2.05, 4.69) is 82.4 Å². The summed E-state index contributed by atoms with van der Waals surface area (Å²) in [7, 11) is 8.41. The van der Waals surface area contributed by atoms with Crippen LogP contribution >= 0.6 is 0 Å². The molecule has 0 spiro atoms. The highest BCUT2D eigenvalue weighted by Crippen LogP contribution is 1.92. The first kappa shape index (κ1) is 23.1. The molecular weight excluding hydrogens is 260 g/mol. The van der Waals surface area contributed by atoms with Crippen molar-refractivity contribution >= 4 is 0 Å². The summed E-state index contributed by atoms with van der Waals surface area (Å²) in [5.74, 6) is 0. The van der Waals surface area contributed by atoms with Crippen LogP contribution in [-0.4, -0.2) is 99.6 Å². The zero-order valence-electron chi connectivity index (χ0n) is 16.3. The molecule has 130 valence electrons. The Labute approximate surface area is 135 Å². The molecule has 0 fully saturated rings. The van der Waals surface area contributed by atoms with Crippen LogP contribution < -0.4 is 0 Å². The number of hydrogen-bond acceptors (Lipinski definition) is 4. The van der Waals surface area contributed by atoms with Gasteiger partial charge in [-0.05, 0) is 61.3 Å². The van der Waals surface area contributed by atoms with E-state index < -0.39 is 0 Å². The standard InChI is InChI=1S/C10H24N2.C7H18N2/c1-5-11(6-2)9-10-12(7-3)8-4;1-7(9(4)5)6-8(2)3/h5-10H2,1-4H3;7H,6H2,1-5H3. The molecule has 4 heteroatoms. The lowest BCUT2D eigenvalue weighted by Gasteiger charge is -2.23. The van der Waals surface area contributed by atoms with E-state index in [1.807, 2.05) is 0 Å². The first-order chi connectivity index (χ1) is 9.81. The van der Waals surface area contributed by atoms with Gasteiger partial charge in [0.05, 0.1) is 0 Å². The molecule has 0 aromatic carbocycles. The molecule has 0 aliphatic heterocycles. The van der Waals surface area contributed by atoms with Crippen LogP contribution in [0.3, 0.4) is 0 Å². The molecule has 0 bridgehead atoms. The number of hydrogen-bond donors (Lipinski definition) is 0. The summed E-state index contributed by atoms with van der Waals surface area (Å²) in [5, 5.41) is 0. The predicted octanol–water partition coefficient (Wildman–Crippen LogP) is 2.17. The van der Waals surface area contributed by atoms with Crippen LogP contribution in [0.2, 0.25) is 0 Å². The third kappa shape index (κ3) is 14.5. The Morgan fingerprint density at radius 1 is 0.667 bits per heavy atom. The first-order valence-electron chi connectivity index (χ1n) is 8.57. The summed E-state index contributed by atoms with van der Waals surface area (Å²) in [4.78, 5) is 9.36. The van der Waals surface area contributed by atoms with Crippen LogP contribution in [0.5, 0.6) is 0 Å². The molecule has 1 unspecified atom stereocenters. The van der Waals surface area contributed by atoms with Gasteiger partial charge in [0.1, 0.15) is 0 Å². The van der Waals surface area contributed by atoms with Crippen molar-refractivity contribution in [1.29, 1.82) is 0 Å². The minimum absolute atomic E-state index is 0.653. The fourth-order valence-corrected chi connectivity index (χ4v) is 2.05. The van der Waals surface area contributed by atoms with Crippen LogP contribution in [0.1, 0.15) is 34.6 Å². The molecule has 0 saturated carbocycles. The van der Waals surface area contributed by atoms with Gasteiger partial charge in [0.15, 0.2) is 0 Å². The molecule has 0 heterocycles. The van der Waals surface area contributed by atoms with Crippen LogP contribution in [0.15, 0.2) is 0 Å². The minimum Gasteiger partial charge on any atom is -0.308 e. The lowest BCUT2D eigenvalue weighted by Crippen LogP contribution is -2.34. The van der Waals surface area contributed by atoms with Crippen molar-refractivity contribution in [3.05, 3.63) is 0 Å². The topological polar surface area (TPSA) is 13.0 Å². The van der Waals surface area contributed by atoms with Crippen molar-refractivity contribution < 1.29 is 0 Å². The Morgan fingerprint density at radius 2 is 1.00 bits per heavy atom. The predicted molar refractivity (Wildman–Crippen MR) is 97.3 cm³/mol. The van der Waals surface area contributed by atoms with Gasteiger partial charge < -0.3 is 19.6 Å². The van der Waals surface area contributed by atoms with Gasteiger partial charge in [0.25, 0.3) is 0 Å². The largest absolute Gasteiger partial charge is 0.308 e. The van der Waals surface area contributed by atoms with Crippen LogP contribution in [0.4, 0.5) is 0 Å². The normalized spacial score (nSPS) is 13.0. The Kier molecular flexibility index (Phi) is 16.2. The summed E-state index contributed by atoms with van der Waals surface area (Å²) < 4.78 is 0. The van der Waals surface area contributed by atoms with Crippen LogP contribution in [-0.2, 0) is 0 Å². The van der Waals surface area contributed by atoms with Crippen LogP contribution in [0.25, 0.3) is 0 Å². The molecule has 0 aliphatic carbocycles. The van der Waals surface area contributed by atoms with Gasteiger partial charge in [-0.1, -0.05) is 27.7 Å². The molecule has 0 aliphatic rings. The lowest BCUT2D eigenvalue weighted by molar-refractivity contribution is 0.227. The van der Waals surface area contributed by atoms with Gasteiger partial charge in [-0.15, -0.1) is 0 Å².